The second kappa shape index (κ2) is 8.25. The van der Waals surface area contributed by atoms with Gasteiger partial charge >= 0.3 is 0 Å². The third kappa shape index (κ3) is 4.35. The number of rotatable bonds is 9. The van der Waals surface area contributed by atoms with Crippen LogP contribution in [0.4, 0.5) is 0 Å². The molecule has 1 heterocycles. The zero-order valence-corrected chi connectivity index (χ0v) is 13.5. The monoisotopic (exact) mass is 292 g/mol. The van der Waals surface area contributed by atoms with E-state index in [0.717, 1.165) is 31.1 Å². The van der Waals surface area contributed by atoms with Crippen LogP contribution in [0.15, 0.2) is 18.2 Å². The molecule has 0 radical (unpaired) electrons. The molecule has 4 heteroatoms. The molecule has 0 fully saturated rings. The van der Waals surface area contributed by atoms with E-state index in [-0.39, 0.29) is 0 Å². The van der Waals surface area contributed by atoms with Crippen LogP contribution in [-0.2, 0) is 0 Å². The summed E-state index contributed by atoms with van der Waals surface area (Å²) in [4.78, 5) is 2.52. The van der Waals surface area contributed by atoms with Gasteiger partial charge in [0.1, 0.15) is 0 Å². The minimum atomic E-state index is 0.335. The highest BCUT2D eigenvalue weighted by Gasteiger charge is 2.19. The number of fused-ring (bicyclic) bond motifs is 1. The molecule has 0 saturated carbocycles. The van der Waals surface area contributed by atoms with Gasteiger partial charge in [-0.15, -0.1) is 0 Å². The van der Waals surface area contributed by atoms with Crippen LogP contribution >= 0.6 is 0 Å². The van der Waals surface area contributed by atoms with Crippen molar-refractivity contribution in [2.75, 3.05) is 33.0 Å². The Bertz CT molecular complexity index is 437. The molecular formula is C17H28N2O2. The van der Waals surface area contributed by atoms with E-state index in [1.54, 1.807) is 0 Å². The minimum absolute atomic E-state index is 0.335. The van der Waals surface area contributed by atoms with Crippen LogP contribution in [0.1, 0.15) is 45.2 Å². The second-order valence-electron chi connectivity index (χ2n) is 5.47. The van der Waals surface area contributed by atoms with Crippen molar-refractivity contribution >= 4 is 0 Å². The quantitative estimate of drug-likeness (QED) is 0.758. The van der Waals surface area contributed by atoms with E-state index in [2.05, 4.69) is 43.1 Å². The van der Waals surface area contributed by atoms with Crippen LogP contribution in [0.5, 0.6) is 11.5 Å². The van der Waals surface area contributed by atoms with Crippen molar-refractivity contribution in [3.8, 4) is 11.5 Å². The number of hydrogen-bond donors (Lipinski definition) is 1. The fourth-order valence-electron chi connectivity index (χ4n) is 2.68. The minimum Gasteiger partial charge on any atom is -0.454 e. The number of benzene rings is 1. The van der Waals surface area contributed by atoms with Crippen molar-refractivity contribution in [1.29, 1.82) is 0 Å². The highest BCUT2D eigenvalue weighted by atomic mass is 16.7. The molecule has 1 unspecified atom stereocenters. The average molecular weight is 292 g/mol. The Morgan fingerprint density at radius 2 is 2.00 bits per heavy atom. The summed E-state index contributed by atoms with van der Waals surface area (Å²) < 4.78 is 10.9. The lowest BCUT2D eigenvalue weighted by molar-refractivity contribution is 0.174. The van der Waals surface area contributed by atoms with Gasteiger partial charge in [0.05, 0.1) is 0 Å². The zero-order chi connectivity index (χ0) is 15.1. The molecule has 1 atom stereocenters. The second-order valence-corrected chi connectivity index (χ2v) is 5.47. The molecule has 0 amide bonds. The molecular weight excluding hydrogens is 264 g/mol. The van der Waals surface area contributed by atoms with E-state index in [0.29, 0.717) is 12.8 Å². The van der Waals surface area contributed by atoms with E-state index >= 15 is 0 Å². The first kappa shape index (κ1) is 16.1. The molecule has 21 heavy (non-hydrogen) atoms. The molecule has 0 aromatic heterocycles. The van der Waals surface area contributed by atoms with Crippen molar-refractivity contribution in [3.63, 3.8) is 0 Å². The Morgan fingerprint density at radius 3 is 2.71 bits per heavy atom. The number of unbranched alkanes of at least 4 members (excludes halogenated alkanes) is 1. The van der Waals surface area contributed by atoms with Crippen molar-refractivity contribution in [3.05, 3.63) is 23.8 Å². The molecule has 1 aliphatic rings. The number of nitrogens with zero attached hydrogens (tertiary/aromatic N) is 1. The molecule has 1 aliphatic heterocycles. The molecule has 1 N–H and O–H groups in total. The molecule has 0 spiro atoms. The first-order valence-electron chi connectivity index (χ1n) is 8.13. The Hall–Kier alpha value is -1.26. The maximum atomic E-state index is 5.50. The summed E-state index contributed by atoms with van der Waals surface area (Å²) in [5.41, 5.74) is 1.27. The molecule has 4 nitrogen and oxygen atoms in total. The molecule has 0 saturated heterocycles. The molecule has 1 aromatic carbocycles. The van der Waals surface area contributed by atoms with Gasteiger partial charge < -0.3 is 19.7 Å². The van der Waals surface area contributed by atoms with E-state index < -0.39 is 0 Å². The van der Waals surface area contributed by atoms with Gasteiger partial charge in [0.25, 0.3) is 0 Å². The predicted octanol–water partition coefficient (Wildman–Crippen LogP) is 3.19. The van der Waals surface area contributed by atoms with E-state index in [9.17, 15) is 0 Å². The fraction of sp³-hybridized carbons (Fsp3) is 0.647. The van der Waals surface area contributed by atoms with Crippen molar-refractivity contribution in [2.24, 2.45) is 0 Å². The first-order valence-corrected chi connectivity index (χ1v) is 8.13. The van der Waals surface area contributed by atoms with Gasteiger partial charge in [0, 0.05) is 12.6 Å². The fourth-order valence-corrected chi connectivity index (χ4v) is 2.68. The summed E-state index contributed by atoms with van der Waals surface area (Å²) in [7, 11) is 0. The SMILES string of the molecule is CCCCN(CC)CC(NCC)c1ccc2c(c1)OCO2. The molecule has 0 aliphatic carbocycles. The number of likely N-dealkylation sites (N-methyl/N-ethyl adjacent to an activating group) is 2. The summed E-state index contributed by atoms with van der Waals surface area (Å²) in [6, 6.07) is 6.61. The third-order valence-electron chi connectivity index (χ3n) is 3.97. The maximum Gasteiger partial charge on any atom is 0.231 e. The summed E-state index contributed by atoms with van der Waals surface area (Å²) in [5, 5.41) is 3.59. The molecule has 1 aromatic rings. The lowest BCUT2D eigenvalue weighted by Crippen LogP contribution is -2.35. The van der Waals surface area contributed by atoms with E-state index in [1.165, 1.54) is 24.9 Å². The van der Waals surface area contributed by atoms with Crippen molar-refractivity contribution < 1.29 is 9.47 Å². The topological polar surface area (TPSA) is 33.7 Å². The maximum absolute atomic E-state index is 5.50. The summed E-state index contributed by atoms with van der Waals surface area (Å²) in [5.74, 6) is 1.72. The number of nitrogens with one attached hydrogen (secondary N) is 1. The van der Waals surface area contributed by atoms with Crippen LogP contribution in [0.25, 0.3) is 0 Å². The number of ether oxygens (including phenoxy) is 2. The van der Waals surface area contributed by atoms with E-state index in [4.69, 9.17) is 9.47 Å². The van der Waals surface area contributed by atoms with Gasteiger partial charge in [0.2, 0.25) is 6.79 Å². The smallest absolute Gasteiger partial charge is 0.231 e. The Balaban J connectivity index is 2.06. The van der Waals surface area contributed by atoms with Crippen LogP contribution < -0.4 is 14.8 Å². The van der Waals surface area contributed by atoms with Gasteiger partial charge in [-0.1, -0.05) is 33.3 Å². The molecule has 118 valence electrons. The Kier molecular flexibility index (Phi) is 6.33. The molecule has 2 rings (SSSR count). The number of hydrogen-bond acceptors (Lipinski definition) is 4. The average Bonchev–Trinajstić information content (AvgIpc) is 2.97. The Morgan fingerprint density at radius 1 is 1.19 bits per heavy atom. The summed E-state index contributed by atoms with van der Waals surface area (Å²) >= 11 is 0. The van der Waals surface area contributed by atoms with Crippen LogP contribution in [-0.4, -0.2) is 37.9 Å². The van der Waals surface area contributed by atoms with Crippen LogP contribution in [0.2, 0.25) is 0 Å². The normalized spacial score (nSPS) is 14.7. The van der Waals surface area contributed by atoms with Crippen molar-refractivity contribution in [2.45, 2.75) is 39.7 Å². The zero-order valence-electron chi connectivity index (χ0n) is 13.5. The van der Waals surface area contributed by atoms with Crippen LogP contribution in [0, 0.1) is 0 Å². The van der Waals surface area contributed by atoms with Gasteiger partial charge in [-0.05, 0) is 43.8 Å². The lowest BCUT2D eigenvalue weighted by atomic mass is 10.1. The highest BCUT2D eigenvalue weighted by Crippen LogP contribution is 2.34. The van der Waals surface area contributed by atoms with Crippen molar-refractivity contribution in [1.82, 2.24) is 10.2 Å². The van der Waals surface area contributed by atoms with Crippen LogP contribution in [0.3, 0.4) is 0 Å². The summed E-state index contributed by atoms with van der Waals surface area (Å²) in [6.07, 6.45) is 2.50. The standard InChI is InChI=1S/C17H28N2O2/c1-4-7-10-19(6-3)12-15(18-5-2)14-8-9-16-17(11-14)21-13-20-16/h8-9,11,15,18H,4-7,10,12-13H2,1-3H3. The van der Waals surface area contributed by atoms with Gasteiger partial charge in [-0.25, -0.2) is 0 Å². The van der Waals surface area contributed by atoms with E-state index in [1.807, 2.05) is 6.07 Å². The third-order valence-corrected chi connectivity index (χ3v) is 3.97. The van der Waals surface area contributed by atoms with Gasteiger partial charge in [-0.2, -0.15) is 0 Å². The first-order chi connectivity index (χ1) is 10.3. The lowest BCUT2D eigenvalue weighted by Gasteiger charge is -2.27. The van der Waals surface area contributed by atoms with Gasteiger partial charge in [-0.3, -0.25) is 0 Å². The largest absolute Gasteiger partial charge is 0.454 e. The highest BCUT2D eigenvalue weighted by molar-refractivity contribution is 5.45. The molecule has 0 bridgehead atoms. The summed E-state index contributed by atoms with van der Waals surface area (Å²) in [6.45, 7) is 11.2. The predicted molar refractivity (Wildman–Crippen MR) is 86.0 cm³/mol. The van der Waals surface area contributed by atoms with Gasteiger partial charge in [0.15, 0.2) is 11.5 Å². The Labute approximate surface area is 128 Å².